The van der Waals surface area contributed by atoms with Crippen molar-refractivity contribution in [2.24, 2.45) is 0 Å². The molecule has 3 nitrogen and oxygen atoms in total. The van der Waals surface area contributed by atoms with E-state index in [0.29, 0.717) is 5.02 Å². The van der Waals surface area contributed by atoms with Gasteiger partial charge in [-0.1, -0.05) is 23.7 Å². The summed E-state index contributed by atoms with van der Waals surface area (Å²) in [6.07, 6.45) is 1.95. The molecule has 1 saturated carbocycles. The second-order valence-corrected chi connectivity index (χ2v) is 4.51. The third kappa shape index (κ3) is 2.36. The van der Waals surface area contributed by atoms with Crippen molar-refractivity contribution in [3.63, 3.8) is 0 Å². The van der Waals surface area contributed by atoms with Crippen LogP contribution in [0.25, 0.3) is 0 Å². The van der Waals surface area contributed by atoms with Crippen molar-refractivity contribution in [3.05, 3.63) is 34.9 Å². The number of carbonyl (C=O) groups excluding carboxylic acids is 1. The second kappa shape index (κ2) is 4.44. The molecule has 0 heterocycles. The SMILES string of the molecule is COCC(=O)NC1(c2ccc(Cl)cc2)CC1. The summed E-state index contributed by atoms with van der Waals surface area (Å²) in [5.74, 6) is -0.0741. The van der Waals surface area contributed by atoms with E-state index in [0.717, 1.165) is 18.4 Å². The van der Waals surface area contributed by atoms with E-state index in [1.54, 1.807) is 0 Å². The molecule has 0 atom stereocenters. The number of hydrogen-bond acceptors (Lipinski definition) is 2. The van der Waals surface area contributed by atoms with E-state index in [2.05, 4.69) is 5.32 Å². The fourth-order valence-corrected chi connectivity index (χ4v) is 1.94. The fraction of sp³-hybridized carbons (Fsp3) is 0.417. The van der Waals surface area contributed by atoms with Gasteiger partial charge in [-0.3, -0.25) is 4.79 Å². The van der Waals surface area contributed by atoms with Gasteiger partial charge in [-0.15, -0.1) is 0 Å². The van der Waals surface area contributed by atoms with Gasteiger partial charge in [0, 0.05) is 12.1 Å². The Morgan fingerprint density at radius 1 is 1.44 bits per heavy atom. The predicted molar refractivity (Wildman–Crippen MR) is 62.4 cm³/mol. The molecule has 86 valence electrons. The summed E-state index contributed by atoms with van der Waals surface area (Å²) in [5.41, 5.74) is 0.932. The van der Waals surface area contributed by atoms with Crippen LogP contribution in [0.3, 0.4) is 0 Å². The normalized spacial score (nSPS) is 16.9. The number of rotatable bonds is 4. The maximum absolute atomic E-state index is 11.5. The van der Waals surface area contributed by atoms with Crippen molar-refractivity contribution >= 4 is 17.5 Å². The molecule has 1 aliphatic carbocycles. The van der Waals surface area contributed by atoms with Gasteiger partial charge in [-0.25, -0.2) is 0 Å². The second-order valence-electron chi connectivity index (χ2n) is 4.07. The van der Waals surface area contributed by atoms with Crippen molar-refractivity contribution in [2.75, 3.05) is 13.7 Å². The zero-order chi connectivity index (χ0) is 11.6. The van der Waals surface area contributed by atoms with Crippen LogP contribution in [0, 0.1) is 0 Å². The predicted octanol–water partition coefficient (Wildman–Crippen LogP) is 2.09. The summed E-state index contributed by atoms with van der Waals surface area (Å²) in [4.78, 5) is 11.5. The highest BCUT2D eigenvalue weighted by molar-refractivity contribution is 6.30. The van der Waals surface area contributed by atoms with Crippen molar-refractivity contribution in [1.82, 2.24) is 5.32 Å². The highest BCUT2D eigenvalue weighted by atomic mass is 35.5. The Labute approximate surface area is 99.7 Å². The molecule has 1 aliphatic rings. The summed E-state index contributed by atoms with van der Waals surface area (Å²) in [6, 6.07) is 7.61. The molecule has 1 fully saturated rings. The molecule has 1 amide bonds. The maximum Gasteiger partial charge on any atom is 0.246 e. The van der Waals surface area contributed by atoms with Crippen molar-refractivity contribution in [2.45, 2.75) is 18.4 Å². The number of halogens is 1. The quantitative estimate of drug-likeness (QED) is 0.874. The zero-order valence-electron chi connectivity index (χ0n) is 9.13. The molecule has 0 radical (unpaired) electrons. The molecule has 0 aromatic heterocycles. The molecule has 1 aromatic rings. The molecule has 4 heteroatoms. The number of hydrogen-bond donors (Lipinski definition) is 1. The van der Waals surface area contributed by atoms with Gasteiger partial charge in [0.1, 0.15) is 6.61 Å². The summed E-state index contributed by atoms with van der Waals surface area (Å²) in [7, 11) is 1.52. The summed E-state index contributed by atoms with van der Waals surface area (Å²) < 4.78 is 4.80. The summed E-state index contributed by atoms with van der Waals surface area (Å²) in [5, 5.41) is 3.71. The molecule has 0 saturated heterocycles. The van der Waals surface area contributed by atoms with E-state index in [4.69, 9.17) is 16.3 Å². The third-order valence-corrected chi connectivity index (χ3v) is 3.05. The number of methoxy groups -OCH3 is 1. The average molecular weight is 240 g/mol. The van der Waals surface area contributed by atoms with Gasteiger partial charge in [0.25, 0.3) is 0 Å². The van der Waals surface area contributed by atoms with Gasteiger partial charge in [-0.2, -0.15) is 0 Å². The summed E-state index contributed by atoms with van der Waals surface area (Å²) in [6.45, 7) is 0.106. The van der Waals surface area contributed by atoms with Crippen LogP contribution in [0.15, 0.2) is 24.3 Å². The van der Waals surface area contributed by atoms with Crippen LogP contribution in [0.2, 0.25) is 5.02 Å². The minimum Gasteiger partial charge on any atom is -0.375 e. The van der Waals surface area contributed by atoms with Gasteiger partial charge >= 0.3 is 0 Å². The molecule has 0 unspecified atom stereocenters. The smallest absolute Gasteiger partial charge is 0.246 e. The molecule has 1 aromatic carbocycles. The van der Waals surface area contributed by atoms with E-state index in [-0.39, 0.29) is 18.1 Å². The largest absolute Gasteiger partial charge is 0.375 e. The van der Waals surface area contributed by atoms with E-state index in [1.807, 2.05) is 24.3 Å². The van der Waals surface area contributed by atoms with Crippen LogP contribution >= 0.6 is 11.6 Å². The lowest BCUT2D eigenvalue weighted by molar-refractivity contribution is -0.125. The first kappa shape index (κ1) is 11.4. The number of benzene rings is 1. The highest BCUT2D eigenvalue weighted by Crippen LogP contribution is 2.45. The molecule has 0 spiro atoms. The Balaban J connectivity index is 2.08. The first-order valence-electron chi connectivity index (χ1n) is 5.22. The lowest BCUT2D eigenvalue weighted by atomic mass is 10.1. The molecular weight excluding hydrogens is 226 g/mol. The molecule has 0 bridgehead atoms. The molecule has 1 N–H and O–H groups in total. The third-order valence-electron chi connectivity index (χ3n) is 2.80. The zero-order valence-corrected chi connectivity index (χ0v) is 9.88. The lowest BCUT2D eigenvalue weighted by Crippen LogP contribution is -2.37. The Bertz CT molecular complexity index is 385. The Kier molecular flexibility index (Phi) is 3.17. The van der Waals surface area contributed by atoms with Gasteiger partial charge in [0.2, 0.25) is 5.91 Å². The van der Waals surface area contributed by atoms with Gasteiger partial charge in [0.05, 0.1) is 5.54 Å². The minimum absolute atomic E-state index is 0.0741. The lowest BCUT2D eigenvalue weighted by Gasteiger charge is -2.17. The highest BCUT2D eigenvalue weighted by Gasteiger charge is 2.45. The summed E-state index contributed by atoms with van der Waals surface area (Å²) >= 11 is 5.83. The number of nitrogens with one attached hydrogen (secondary N) is 1. The van der Waals surface area contributed by atoms with Crippen LogP contribution in [-0.4, -0.2) is 19.6 Å². The minimum atomic E-state index is -0.180. The van der Waals surface area contributed by atoms with Crippen LogP contribution in [0.4, 0.5) is 0 Å². The number of ether oxygens (including phenoxy) is 1. The van der Waals surface area contributed by atoms with Crippen LogP contribution in [0.1, 0.15) is 18.4 Å². The average Bonchev–Trinajstić information content (AvgIpc) is 3.00. The van der Waals surface area contributed by atoms with Crippen molar-refractivity contribution < 1.29 is 9.53 Å². The van der Waals surface area contributed by atoms with E-state index in [9.17, 15) is 4.79 Å². The monoisotopic (exact) mass is 239 g/mol. The van der Waals surface area contributed by atoms with E-state index >= 15 is 0 Å². The molecular formula is C12H14ClNO2. The molecule has 2 rings (SSSR count). The fourth-order valence-electron chi connectivity index (χ4n) is 1.81. The van der Waals surface area contributed by atoms with Gasteiger partial charge < -0.3 is 10.1 Å². The first-order chi connectivity index (χ1) is 7.66. The van der Waals surface area contributed by atoms with Gasteiger partial charge in [0.15, 0.2) is 0 Å². The van der Waals surface area contributed by atoms with E-state index in [1.165, 1.54) is 7.11 Å². The van der Waals surface area contributed by atoms with Gasteiger partial charge in [-0.05, 0) is 30.5 Å². The number of carbonyl (C=O) groups is 1. The standard InChI is InChI=1S/C12H14ClNO2/c1-16-8-11(15)14-12(6-7-12)9-2-4-10(13)5-3-9/h2-5H,6-8H2,1H3,(H,14,15). The Morgan fingerprint density at radius 2 is 2.06 bits per heavy atom. The molecule has 0 aliphatic heterocycles. The van der Waals surface area contributed by atoms with Crippen LogP contribution < -0.4 is 5.32 Å². The maximum atomic E-state index is 11.5. The first-order valence-corrected chi connectivity index (χ1v) is 5.60. The Hall–Kier alpha value is -1.06. The van der Waals surface area contributed by atoms with Crippen LogP contribution in [0.5, 0.6) is 0 Å². The van der Waals surface area contributed by atoms with Crippen molar-refractivity contribution in [3.8, 4) is 0 Å². The Morgan fingerprint density at radius 3 is 2.56 bits per heavy atom. The van der Waals surface area contributed by atoms with Crippen molar-refractivity contribution in [1.29, 1.82) is 0 Å². The number of amides is 1. The molecule has 16 heavy (non-hydrogen) atoms. The van der Waals surface area contributed by atoms with Crippen LogP contribution in [-0.2, 0) is 15.1 Å². The topological polar surface area (TPSA) is 38.3 Å². The van der Waals surface area contributed by atoms with E-state index < -0.39 is 0 Å².